The van der Waals surface area contributed by atoms with Gasteiger partial charge in [0, 0.05) is 12.1 Å². The zero-order valence-electron chi connectivity index (χ0n) is 10.00. The summed E-state index contributed by atoms with van der Waals surface area (Å²) in [5.74, 6) is 1.60. The first-order valence-electron chi connectivity index (χ1n) is 5.54. The molecule has 3 N–H and O–H groups in total. The Kier molecular flexibility index (Phi) is 4.80. The second kappa shape index (κ2) is 5.89. The lowest BCUT2D eigenvalue weighted by Gasteiger charge is -2.15. The number of nitrogens with zero attached hydrogens (tertiary/aromatic N) is 2. The number of halogens is 1. The number of rotatable bonds is 5. The lowest BCUT2D eigenvalue weighted by atomic mass is 10.0. The van der Waals surface area contributed by atoms with Crippen LogP contribution in [-0.4, -0.2) is 16.0 Å². The van der Waals surface area contributed by atoms with Gasteiger partial charge in [0.15, 0.2) is 0 Å². The van der Waals surface area contributed by atoms with Crippen molar-refractivity contribution in [1.29, 1.82) is 0 Å². The number of hydrogen-bond acceptors (Lipinski definition) is 4. The molecule has 0 aliphatic heterocycles. The maximum absolute atomic E-state index is 5.79. The summed E-state index contributed by atoms with van der Waals surface area (Å²) < 4.78 is 0. The van der Waals surface area contributed by atoms with E-state index in [0.29, 0.717) is 22.9 Å². The molecule has 1 aromatic heterocycles. The molecule has 0 fully saturated rings. The van der Waals surface area contributed by atoms with Crippen LogP contribution in [0.3, 0.4) is 0 Å². The van der Waals surface area contributed by atoms with Crippen molar-refractivity contribution in [3.05, 3.63) is 11.2 Å². The van der Waals surface area contributed by atoms with Gasteiger partial charge in [-0.1, -0.05) is 25.4 Å². The van der Waals surface area contributed by atoms with E-state index in [-0.39, 0.29) is 5.95 Å². The Morgan fingerprint density at radius 2 is 2.00 bits per heavy atom. The average molecular weight is 243 g/mol. The number of anilines is 2. The van der Waals surface area contributed by atoms with Crippen LogP contribution < -0.4 is 11.1 Å². The third-order valence-electron chi connectivity index (χ3n) is 2.28. The van der Waals surface area contributed by atoms with E-state index in [1.54, 1.807) is 6.07 Å². The van der Waals surface area contributed by atoms with E-state index < -0.39 is 0 Å². The van der Waals surface area contributed by atoms with Crippen LogP contribution in [0.15, 0.2) is 6.07 Å². The molecule has 1 aromatic rings. The minimum Gasteiger partial charge on any atom is -0.368 e. The van der Waals surface area contributed by atoms with Crippen molar-refractivity contribution < 1.29 is 0 Å². The fourth-order valence-electron chi connectivity index (χ4n) is 1.42. The molecule has 0 bridgehead atoms. The van der Waals surface area contributed by atoms with Gasteiger partial charge < -0.3 is 11.1 Å². The van der Waals surface area contributed by atoms with Crippen molar-refractivity contribution in [3.63, 3.8) is 0 Å². The molecule has 0 aromatic carbocycles. The fraction of sp³-hybridized carbons (Fsp3) is 0.636. The molecule has 1 rings (SSSR count). The van der Waals surface area contributed by atoms with Gasteiger partial charge in [-0.25, -0.2) is 4.98 Å². The smallest absolute Gasteiger partial charge is 0.223 e. The summed E-state index contributed by atoms with van der Waals surface area (Å²) in [5, 5.41) is 3.63. The first-order valence-corrected chi connectivity index (χ1v) is 5.91. The largest absolute Gasteiger partial charge is 0.368 e. The third-order valence-corrected chi connectivity index (χ3v) is 2.48. The first kappa shape index (κ1) is 13.0. The Balaban J connectivity index is 2.52. The van der Waals surface area contributed by atoms with Crippen molar-refractivity contribution in [2.45, 2.75) is 39.7 Å². The van der Waals surface area contributed by atoms with Crippen LogP contribution in [0.5, 0.6) is 0 Å². The lowest BCUT2D eigenvalue weighted by Crippen LogP contribution is -2.17. The highest BCUT2D eigenvalue weighted by molar-refractivity contribution is 6.29. The summed E-state index contributed by atoms with van der Waals surface area (Å²) in [6.45, 7) is 6.55. The van der Waals surface area contributed by atoms with Crippen molar-refractivity contribution in [3.8, 4) is 0 Å². The van der Waals surface area contributed by atoms with E-state index in [4.69, 9.17) is 17.3 Å². The normalized spacial score (nSPS) is 12.8. The van der Waals surface area contributed by atoms with E-state index in [9.17, 15) is 0 Å². The maximum Gasteiger partial charge on any atom is 0.223 e. The Morgan fingerprint density at radius 1 is 1.31 bits per heavy atom. The van der Waals surface area contributed by atoms with E-state index in [0.717, 1.165) is 6.42 Å². The molecule has 5 heteroatoms. The Morgan fingerprint density at radius 3 is 2.56 bits per heavy atom. The van der Waals surface area contributed by atoms with Gasteiger partial charge in [-0.2, -0.15) is 4.98 Å². The molecule has 1 atom stereocenters. The molecule has 4 nitrogen and oxygen atoms in total. The van der Waals surface area contributed by atoms with Crippen LogP contribution in [0.1, 0.15) is 33.6 Å². The highest BCUT2D eigenvalue weighted by Gasteiger charge is 2.06. The molecule has 0 spiro atoms. The van der Waals surface area contributed by atoms with Crippen molar-refractivity contribution in [2.24, 2.45) is 5.92 Å². The monoisotopic (exact) mass is 242 g/mol. The van der Waals surface area contributed by atoms with Crippen LogP contribution in [0, 0.1) is 5.92 Å². The first-order chi connectivity index (χ1) is 7.47. The molecule has 0 aliphatic rings. The summed E-state index contributed by atoms with van der Waals surface area (Å²) in [6.07, 6.45) is 2.28. The minimum absolute atomic E-state index is 0.200. The molecular weight excluding hydrogens is 224 g/mol. The van der Waals surface area contributed by atoms with Crippen molar-refractivity contribution >= 4 is 23.4 Å². The highest BCUT2D eigenvalue weighted by Crippen LogP contribution is 2.15. The highest BCUT2D eigenvalue weighted by atomic mass is 35.5. The fourth-order valence-corrected chi connectivity index (χ4v) is 1.61. The second-order valence-electron chi connectivity index (χ2n) is 4.45. The quantitative estimate of drug-likeness (QED) is 0.780. The van der Waals surface area contributed by atoms with Gasteiger partial charge in [0.2, 0.25) is 5.95 Å². The SMILES string of the molecule is CC(C)CCC(C)Nc1cc(Cl)nc(N)n1. The lowest BCUT2D eigenvalue weighted by molar-refractivity contribution is 0.527. The topological polar surface area (TPSA) is 63.8 Å². The summed E-state index contributed by atoms with van der Waals surface area (Å²) in [7, 11) is 0. The second-order valence-corrected chi connectivity index (χ2v) is 4.84. The van der Waals surface area contributed by atoms with Gasteiger partial charge >= 0.3 is 0 Å². The molecule has 16 heavy (non-hydrogen) atoms. The molecule has 0 saturated carbocycles. The standard InChI is InChI=1S/C11H19ClN4/c1-7(2)4-5-8(3)14-10-6-9(12)15-11(13)16-10/h6-8H,4-5H2,1-3H3,(H3,13,14,15,16). The predicted octanol–water partition coefficient (Wildman–Crippen LogP) is 2.95. The van der Waals surface area contributed by atoms with Crippen LogP contribution >= 0.6 is 11.6 Å². The summed E-state index contributed by atoms with van der Waals surface area (Å²) in [5.41, 5.74) is 5.51. The van der Waals surface area contributed by atoms with Crippen LogP contribution in [-0.2, 0) is 0 Å². The summed E-state index contributed by atoms with van der Waals surface area (Å²) in [6, 6.07) is 2.04. The molecular formula is C11H19ClN4. The molecule has 0 aliphatic carbocycles. The van der Waals surface area contributed by atoms with Crippen molar-refractivity contribution in [2.75, 3.05) is 11.1 Å². The molecule has 90 valence electrons. The van der Waals surface area contributed by atoms with E-state index in [1.807, 2.05) is 0 Å². The van der Waals surface area contributed by atoms with Crippen molar-refractivity contribution in [1.82, 2.24) is 9.97 Å². The number of nitrogens with one attached hydrogen (secondary N) is 1. The summed E-state index contributed by atoms with van der Waals surface area (Å²) >= 11 is 5.79. The number of nitrogen functional groups attached to an aromatic ring is 1. The Bertz CT molecular complexity index is 321. The van der Waals surface area contributed by atoms with Gasteiger partial charge in [0.05, 0.1) is 0 Å². The van der Waals surface area contributed by atoms with Crippen LogP contribution in [0.2, 0.25) is 5.15 Å². The maximum atomic E-state index is 5.79. The number of nitrogens with two attached hydrogens (primary N) is 1. The molecule has 1 unspecified atom stereocenters. The van der Waals surface area contributed by atoms with Gasteiger partial charge in [-0.05, 0) is 25.7 Å². The zero-order valence-corrected chi connectivity index (χ0v) is 10.8. The van der Waals surface area contributed by atoms with Gasteiger partial charge in [-0.3, -0.25) is 0 Å². The van der Waals surface area contributed by atoms with Gasteiger partial charge in [0.1, 0.15) is 11.0 Å². The predicted molar refractivity (Wildman–Crippen MR) is 68.6 cm³/mol. The Hall–Kier alpha value is -1.03. The van der Waals surface area contributed by atoms with E-state index in [2.05, 4.69) is 36.1 Å². The number of hydrogen-bond donors (Lipinski definition) is 2. The van der Waals surface area contributed by atoms with Gasteiger partial charge in [-0.15, -0.1) is 0 Å². The molecule has 0 radical (unpaired) electrons. The average Bonchev–Trinajstić information content (AvgIpc) is 2.12. The van der Waals surface area contributed by atoms with Gasteiger partial charge in [0.25, 0.3) is 0 Å². The van der Waals surface area contributed by atoms with E-state index in [1.165, 1.54) is 6.42 Å². The number of aromatic nitrogens is 2. The zero-order chi connectivity index (χ0) is 12.1. The molecule has 0 amide bonds. The Labute approximate surface area is 102 Å². The minimum atomic E-state index is 0.200. The molecule has 1 heterocycles. The van der Waals surface area contributed by atoms with Crippen LogP contribution in [0.4, 0.5) is 11.8 Å². The van der Waals surface area contributed by atoms with E-state index >= 15 is 0 Å². The third kappa shape index (κ3) is 4.66. The summed E-state index contributed by atoms with van der Waals surface area (Å²) in [4.78, 5) is 7.88. The molecule has 0 saturated heterocycles. The van der Waals surface area contributed by atoms with Crippen LogP contribution in [0.25, 0.3) is 0 Å².